The van der Waals surface area contributed by atoms with Crippen molar-refractivity contribution in [1.82, 2.24) is 20.0 Å². The zero-order valence-corrected chi connectivity index (χ0v) is 19.1. The maximum absolute atomic E-state index is 12.8. The van der Waals surface area contributed by atoms with Crippen LogP contribution in [0.25, 0.3) is 22.3 Å². The van der Waals surface area contributed by atoms with Gasteiger partial charge in [-0.2, -0.15) is 5.10 Å². The van der Waals surface area contributed by atoms with Crippen LogP contribution in [0.2, 0.25) is 0 Å². The van der Waals surface area contributed by atoms with Crippen molar-refractivity contribution in [2.45, 2.75) is 33.2 Å². The lowest BCUT2D eigenvalue weighted by Gasteiger charge is -2.24. The number of hydrogen-bond acceptors (Lipinski definition) is 4. The molecule has 2 amide bonds. The summed E-state index contributed by atoms with van der Waals surface area (Å²) in [7, 11) is 0. The molecule has 0 aliphatic heterocycles. The number of nitrogens with zero attached hydrogens (tertiary/aromatic N) is 3. The summed E-state index contributed by atoms with van der Waals surface area (Å²) in [5.41, 5.74) is 2.27. The minimum absolute atomic E-state index is 0.0258. The van der Waals surface area contributed by atoms with E-state index in [1.54, 1.807) is 17.4 Å². The lowest BCUT2D eigenvalue weighted by molar-refractivity contribution is -0.132. The molecular weight excluding hydrogens is 408 g/mol. The number of likely N-dealkylation sites (N-methyl/N-ethyl adjacent to an activating group) is 1. The Morgan fingerprint density at radius 1 is 1.16 bits per heavy atom. The zero-order chi connectivity index (χ0) is 22.4. The molecule has 162 valence electrons. The molecule has 0 saturated heterocycles. The molecule has 3 rings (SSSR count). The van der Waals surface area contributed by atoms with Crippen LogP contribution in [0, 0.1) is 0 Å². The summed E-state index contributed by atoms with van der Waals surface area (Å²) >= 11 is 1.60. The largest absolute Gasteiger partial charge is 0.350 e. The molecule has 3 aromatic rings. The van der Waals surface area contributed by atoms with Crippen LogP contribution in [0.3, 0.4) is 0 Å². The van der Waals surface area contributed by atoms with Gasteiger partial charge in [0, 0.05) is 29.9 Å². The second-order valence-corrected chi connectivity index (χ2v) is 9.12. The first-order valence-electron chi connectivity index (χ1n) is 10.2. The topological polar surface area (TPSA) is 67.2 Å². The Kier molecular flexibility index (Phi) is 7.07. The van der Waals surface area contributed by atoms with Gasteiger partial charge < -0.3 is 10.2 Å². The highest BCUT2D eigenvalue weighted by Gasteiger charge is 2.18. The number of benzene rings is 1. The predicted octanol–water partition coefficient (Wildman–Crippen LogP) is 4.38. The first-order chi connectivity index (χ1) is 14.8. The Morgan fingerprint density at radius 2 is 1.90 bits per heavy atom. The third-order valence-electron chi connectivity index (χ3n) is 4.47. The van der Waals surface area contributed by atoms with E-state index in [0.29, 0.717) is 6.54 Å². The summed E-state index contributed by atoms with van der Waals surface area (Å²) in [5.74, 6) is -0.386. The monoisotopic (exact) mass is 436 g/mol. The second kappa shape index (κ2) is 9.75. The average molecular weight is 437 g/mol. The summed E-state index contributed by atoms with van der Waals surface area (Å²) in [5, 5.41) is 9.64. The van der Waals surface area contributed by atoms with Crippen molar-refractivity contribution < 1.29 is 9.59 Å². The highest BCUT2D eigenvalue weighted by molar-refractivity contribution is 7.13. The van der Waals surface area contributed by atoms with Gasteiger partial charge >= 0.3 is 0 Å². The standard InChI is InChI=1S/C24H28N4O2S/c1-5-27(17-21(29)25-24(2,3)4)22(30)14-13-18-16-28(19-10-7-6-8-11-19)26-23(18)20-12-9-15-31-20/h6-16H,5,17H2,1-4H3,(H,25,29)/b14-13+. The number of thiophene rings is 1. The molecule has 31 heavy (non-hydrogen) atoms. The maximum Gasteiger partial charge on any atom is 0.247 e. The molecule has 0 spiro atoms. The number of rotatable bonds is 7. The molecule has 0 aliphatic carbocycles. The lowest BCUT2D eigenvalue weighted by Crippen LogP contribution is -2.47. The smallest absolute Gasteiger partial charge is 0.247 e. The van der Waals surface area contributed by atoms with E-state index >= 15 is 0 Å². The van der Waals surface area contributed by atoms with Crippen molar-refractivity contribution in [3.05, 3.63) is 65.7 Å². The highest BCUT2D eigenvalue weighted by Crippen LogP contribution is 2.28. The van der Waals surface area contributed by atoms with E-state index in [1.807, 2.05) is 86.4 Å². The minimum Gasteiger partial charge on any atom is -0.350 e. The van der Waals surface area contributed by atoms with Gasteiger partial charge in [-0.05, 0) is 57.4 Å². The number of amides is 2. The number of aromatic nitrogens is 2. The first-order valence-corrected chi connectivity index (χ1v) is 11.1. The van der Waals surface area contributed by atoms with E-state index in [4.69, 9.17) is 5.10 Å². The van der Waals surface area contributed by atoms with Gasteiger partial charge in [-0.3, -0.25) is 9.59 Å². The fourth-order valence-corrected chi connectivity index (χ4v) is 3.80. The Balaban J connectivity index is 1.82. The molecule has 1 N–H and O–H groups in total. The summed E-state index contributed by atoms with van der Waals surface area (Å²) < 4.78 is 1.81. The van der Waals surface area contributed by atoms with Gasteiger partial charge in [0.15, 0.2) is 0 Å². The Labute approximate surface area is 187 Å². The van der Waals surface area contributed by atoms with Crippen molar-refractivity contribution in [2.24, 2.45) is 0 Å². The van der Waals surface area contributed by atoms with Crippen LogP contribution < -0.4 is 5.32 Å². The van der Waals surface area contributed by atoms with Gasteiger partial charge in [-0.25, -0.2) is 4.68 Å². The second-order valence-electron chi connectivity index (χ2n) is 8.17. The molecule has 2 heterocycles. The molecule has 0 bridgehead atoms. The third kappa shape index (κ3) is 6.15. The quantitative estimate of drug-likeness (QED) is 0.559. The Hall–Kier alpha value is -3.19. The van der Waals surface area contributed by atoms with Gasteiger partial charge in [0.05, 0.1) is 17.1 Å². The molecule has 0 radical (unpaired) electrons. The van der Waals surface area contributed by atoms with Gasteiger partial charge in [0.25, 0.3) is 0 Å². The van der Waals surface area contributed by atoms with Gasteiger partial charge in [0.2, 0.25) is 11.8 Å². The molecule has 0 saturated carbocycles. The number of para-hydroxylation sites is 1. The minimum atomic E-state index is -0.336. The van der Waals surface area contributed by atoms with Crippen LogP contribution in [-0.2, 0) is 9.59 Å². The van der Waals surface area contributed by atoms with Crippen molar-refractivity contribution in [2.75, 3.05) is 13.1 Å². The van der Waals surface area contributed by atoms with Crippen molar-refractivity contribution in [3.63, 3.8) is 0 Å². The van der Waals surface area contributed by atoms with E-state index < -0.39 is 0 Å². The fourth-order valence-electron chi connectivity index (χ4n) is 3.07. The molecule has 0 atom stereocenters. The van der Waals surface area contributed by atoms with E-state index in [2.05, 4.69) is 5.32 Å². The van der Waals surface area contributed by atoms with E-state index in [1.165, 1.54) is 11.0 Å². The normalized spacial score (nSPS) is 11.6. The van der Waals surface area contributed by atoms with Crippen molar-refractivity contribution >= 4 is 29.2 Å². The molecule has 7 heteroatoms. The molecule has 2 aromatic heterocycles. The van der Waals surface area contributed by atoms with E-state index in [-0.39, 0.29) is 23.9 Å². The van der Waals surface area contributed by atoms with Crippen molar-refractivity contribution in [3.8, 4) is 16.3 Å². The van der Waals surface area contributed by atoms with Gasteiger partial charge in [0.1, 0.15) is 5.69 Å². The van der Waals surface area contributed by atoms with Gasteiger partial charge in [-0.15, -0.1) is 11.3 Å². The molecular formula is C24H28N4O2S. The summed E-state index contributed by atoms with van der Waals surface area (Å²) in [6, 6.07) is 13.8. The third-order valence-corrected chi connectivity index (χ3v) is 5.34. The summed E-state index contributed by atoms with van der Waals surface area (Å²) in [6.45, 7) is 8.08. The van der Waals surface area contributed by atoms with Crippen LogP contribution in [-0.4, -0.2) is 45.1 Å². The van der Waals surface area contributed by atoms with Gasteiger partial charge in [-0.1, -0.05) is 24.3 Å². The number of carbonyl (C=O) groups excluding carboxylic acids is 2. The van der Waals surface area contributed by atoms with Crippen LogP contribution in [0.1, 0.15) is 33.3 Å². The molecule has 0 aliphatic rings. The van der Waals surface area contributed by atoms with Crippen LogP contribution in [0.15, 0.2) is 60.1 Å². The van der Waals surface area contributed by atoms with E-state index in [0.717, 1.165) is 21.8 Å². The highest BCUT2D eigenvalue weighted by atomic mass is 32.1. The van der Waals surface area contributed by atoms with E-state index in [9.17, 15) is 9.59 Å². The Morgan fingerprint density at radius 3 is 2.52 bits per heavy atom. The number of nitrogens with one attached hydrogen (secondary N) is 1. The zero-order valence-electron chi connectivity index (χ0n) is 18.3. The molecule has 0 fully saturated rings. The number of carbonyl (C=O) groups is 2. The first kappa shape index (κ1) is 22.5. The summed E-state index contributed by atoms with van der Waals surface area (Å²) in [4.78, 5) is 27.5. The predicted molar refractivity (Wildman–Crippen MR) is 126 cm³/mol. The Bertz CT molecular complexity index is 1050. The average Bonchev–Trinajstić information content (AvgIpc) is 3.39. The van der Waals surface area contributed by atoms with Crippen molar-refractivity contribution in [1.29, 1.82) is 0 Å². The molecule has 0 unspecified atom stereocenters. The summed E-state index contributed by atoms with van der Waals surface area (Å²) in [6.07, 6.45) is 5.20. The molecule has 1 aromatic carbocycles. The van der Waals surface area contributed by atoms with Crippen LogP contribution in [0.5, 0.6) is 0 Å². The van der Waals surface area contributed by atoms with Crippen LogP contribution >= 0.6 is 11.3 Å². The number of hydrogen-bond donors (Lipinski definition) is 1. The van der Waals surface area contributed by atoms with Crippen LogP contribution in [0.4, 0.5) is 0 Å². The molecule has 6 nitrogen and oxygen atoms in total. The fraction of sp³-hybridized carbons (Fsp3) is 0.292. The maximum atomic E-state index is 12.8. The lowest BCUT2D eigenvalue weighted by atomic mass is 10.1. The SMILES string of the molecule is CCN(CC(=O)NC(C)(C)C)C(=O)/C=C/c1cn(-c2ccccc2)nc1-c1cccs1.